The highest BCUT2D eigenvalue weighted by molar-refractivity contribution is 6.35. The molecule has 0 bridgehead atoms. The maximum Gasteiger partial charge on any atom is 0.287 e. The summed E-state index contributed by atoms with van der Waals surface area (Å²) in [6, 6.07) is 4.45. The molecule has 0 aliphatic rings. The largest absolute Gasteiger partial charge is 0.439 e. The van der Waals surface area contributed by atoms with Crippen molar-refractivity contribution in [2.75, 3.05) is 6.54 Å². The minimum absolute atomic E-state index is 0.0134. The third-order valence-corrected chi connectivity index (χ3v) is 4.70. The molecule has 1 amide bonds. The fourth-order valence-electron chi connectivity index (χ4n) is 2.76. The van der Waals surface area contributed by atoms with E-state index in [1.807, 2.05) is 0 Å². The lowest BCUT2D eigenvalue weighted by Gasteiger charge is -2.16. The van der Waals surface area contributed by atoms with Crippen LogP contribution in [0.1, 0.15) is 16.1 Å². The van der Waals surface area contributed by atoms with Gasteiger partial charge < -0.3 is 15.5 Å². The van der Waals surface area contributed by atoms with Gasteiger partial charge in [-0.2, -0.15) is 5.10 Å². The van der Waals surface area contributed by atoms with Gasteiger partial charge in [0.05, 0.1) is 22.5 Å². The summed E-state index contributed by atoms with van der Waals surface area (Å²) in [7, 11) is 1.68. The highest BCUT2D eigenvalue weighted by atomic mass is 35.5. The molecule has 0 radical (unpaired) electrons. The Morgan fingerprint density at radius 2 is 2.07 bits per heavy atom. The second-order valence-electron chi connectivity index (χ2n) is 6.12. The van der Waals surface area contributed by atoms with Crippen LogP contribution in [0.2, 0.25) is 10.2 Å². The van der Waals surface area contributed by atoms with E-state index in [1.54, 1.807) is 7.05 Å². The standard InChI is InChI=1S/C18H16Cl2F2N4O2/c1-26-16(12(19)8-24-26)11-6-15(28-17(11)20)18(27)25-10(7-23)4-9-2-3-13(21)14(22)5-9/h2-3,5-6,8,10H,4,7,23H2,1H3,(H,25,27)/t10-/m1/s1. The number of nitrogens with zero attached hydrogens (tertiary/aromatic N) is 2. The number of carbonyl (C=O) groups is 1. The van der Waals surface area contributed by atoms with Gasteiger partial charge in [-0.3, -0.25) is 9.48 Å². The van der Waals surface area contributed by atoms with Crippen molar-refractivity contribution < 1.29 is 18.0 Å². The SMILES string of the molecule is Cn1ncc(Cl)c1-c1cc(C(=O)N[C@@H](CN)Cc2ccc(F)c(F)c2)oc1Cl. The molecule has 3 N–H and O–H groups in total. The van der Waals surface area contributed by atoms with Gasteiger partial charge in [0.2, 0.25) is 5.22 Å². The number of aryl methyl sites for hydroxylation is 1. The number of aromatic nitrogens is 2. The lowest BCUT2D eigenvalue weighted by atomic mass is 10.1. The minimum Gasteiger partial charge on any atom is -0.439 e. The van der Waals surface area contributed by atoms with Crippen LogP contribution < -0.4 is 11.1 Å². The third-order valence-electron chi connectivity index (χ3n) is 4.15. The molecule has 28 heavy (non-hydrogen) atoms. The van der Waals surface area contributed by atoms with Crippen LogP contribution in [0.15, 0.2) is 34.9 Å². The Morgan fingerprint density at radius 3 is 2.68 bits per heavy atom. The maximum atomic E-state index is 13.4. The zero-order valence-electron chi connectivity index (χ0n) is 14.7. The molecule has 148 valence electrons. The Bertz CT molecular complexity index is 1000. The van der Waals surface area contributed by atoms with Gasteiger partial charge in [0.1, 0.15) is 0 Å². The first-order valence-corrected chi connectivity index (χ1v) is 8.97. The van der Waals surface area contributed by atoms with Crippen molar-refractivity contribution in [2.45, 2.75) is 12.5 Å². The first-order chi connectivity index (χ1) is 13.3. The highest BCUT2D eigenvalue weighted by Gasteiger charge is 2.22. The van der Waals surface area contributed by atoms with Gasteiger partial charge in [0.15, 0.2) is 17.4 Å². The molecule has 0 aliphatic carbocycles. The van der Waals surface area contributed by atoms with Crippen LogP contribution in [0.5, 0.6) is 0 Å². The van der Waals surface area contributed by atoms with Crippen molar-refractivity contribution >= 4 is 29.1 Å². The number of rotatable bonds is 6. The van der Waals surface area contributed by atoms with Crippen LogP contribution in [0.3, 0.4) is 0 Å². The van der Waals surface area contributed by atoms with E-state index in [2.05, 4.69) is 10.4 Å². The predicted octanol–water partition coefficient (Wildman–Crippen LogP) is 3.56. The van der Waals surface area contributed by atoms with Crippen molar-refractivity contribution in [1.29, 1.82) is 0 Å². The summed E-state index contributed by atoms with van der Waals surface area (Å²) >= 11 is 12.2. The summed E-state index contributed by atoms with van der Waals surface area (Å²) in [4.78, 5) is 12.5. The summed E-state index contributed by atoms with van der Waals surface area (Å²) in [6.07, 6.45) is 1.67. The van der Waals surface area contributed by atoms with E-state index in [1.165, 1.54) is 23.0 Å². The van der Waals surface area contributed by atoms with Gasteiger partial charge in [-0.15, -0.1) is 0 Å². The van der Waals surface area contributed by atoms with E-state index < -0.39 is 23.6 Å². The van der Waals surface area contributed by atoms with E-state index >= 15 is 0 Å². The average molecular weight is 429 g/mol. The van der Waals surface area contributed by atoms with Crippen LogP contribution in [0, 0.1) is 11.6 Å². The molecule has 0 saturated carbocycles. The lowest BCUT2D eigenvalue weighted by Crippen LogP contribution is -2.41. The zero-order valence-corrected chi connectivity index (χ0v) is 16.2. The molecule has 0 fully saturated rings. The van der Waals surface area contributed by atoms with Crippen LogP contribution in [0.25, 0.3) is 11.3 Å². The fourth-order valence-corrected chi connectivity index (χ4v) is 3.25. The Kier molecular flexibility index (Phi) is 6.02. The zero-order chi connectivity index (χ0) is 20.4. The van der Waals surface area contributed by atoms with Crippen LogP contribution in [-0.2, 0) is 13.5 Å². The monoisotopic (exact) mass is 428 g/mol. The lowest BCUT2D eigenvalue weighted by molar-refractivity contribution is 0.0910. The van der Waals surface area contributed by atoms with E-state index in [9.17, 15) is 13.6 Å². The molecule has 3 aromatic rings. The summed E-state index contributed by atoms with van der Waals surface area (Å²) in [5, 5.41) is 7.06. The van der Waals surface area contributed by atoms with E-state index in [0.717, 1.165) is 12.1 Å². The summed E-state index contributed by atoms with van der Waals surface area (Å²) < 4.78 is 33.3. The fraction of sp³-hybridized carbons (Fsp3) is 0.222. The minimum atomic E-state index is -0.963. The molecule has 0 spiro atoms. The van der Waals surface area contributed by atoms with Crippen molar-refractivity contribution in [1.82, 2.24) is 15.1 Å². The summed E-state index contributed by atoms with van der Waals surface area (Å²) in [5.41, 5.74) is 7.12. The summed E-state index contributed by atoms with van der Waals surface area (Å²) in [6.45, 7) is 0.0829. The number of nitrogens with two attached hydrogens (primary N) is 1. The molecule has 0 aliphatic heterocycles. The predicted molar refractivity (Wildman–Crippen MR) is 101 cm³/mol. The number of amides is 1. The van der Waals surface area contributed by atoms with Gasteiger partial charge in [-0.1, -0.05) is 17.7 Å². The Hall–Kier alpha value is -2.42. The van der Waals surface area contributed by atoms with E-state index in [0.29, 0.717) is 21.8 Å². The Balaban J connectivity index is 1.76. The number of hydrogen-bond donors (Lipinski definition) is 2. The van der Waals surface area contributed by atoms with Gasteiger partial charge in [0, 0.05) is 25.7 Å². The number of nitrogens with one attached hydrogen (secondary N) is 1. The molecule has 2 aromatic heterocycles. The van der Waals surface area contributed by atoms with E-state index in [-0.39, 0.29) is 23.9 Å². The number of furan rings is 1. The van der Waals surface area contributed by atoms with Crippen LogP contribution in [0.4, 0.5) is 8.78 Å². The van der Waals surface area contributed by atoms with Crippen molar-refractivity contribution in [3.05, 3.63) is 63.7 Å². The topological polar surface area (TPSA) is 86.1 Å². The van der Waals surface area contributed by atoms with Gasteiger partial charge >= 0.3 is 0 Å². The molecule has 6 nitrogen and oxygen atoms in total. The van der Waals surface area contributed by atoms with Crippen LogP contribution >= 0.6 is 23.2 Å². The third kappa shape index (κ3) is 4.19. The van der Waals surface area contributed by atoms with Gasteiger partial charge in [0.25, 0.3) is 5.91 Å². The number of hydrogen-bond acceptors (Lipinski definition) is 4. The van der Waals surface area contributed by atoms with Crippen molar-refractivity contribution in [2.24, 2.45) is 12.8 Å². The molecule has 0 saturated heterocycles. The molecule has 10 heteroatoms. The van der Waals surface area contributed by atoms with Crippen LogP contribution in [-0.4, -0.2) is 28.3 Å². The second-order valence-corrected chi connectivity index (χ2v) is 6.87. The smallest absolute Gasteiger partial charge is 0.287 e. The second kappa shape index (κ2) is 8.30. The first kappa shape index (κ1) is 20.3. The summed E-state index contributed by atoms with van der Waals surface area (Å²) in [5.74, 6) is -2.50. The molecular weight excluding hydrogens is 413 g/mol. The molecule has 2 heterocycles. The van der Waals surface area contributed by atoms with E-state index in [4.69, 9.17) is 33.4 Å². The quantitative estimate of drug-likeness (QED) is 0.628. The molecule has 1 atom stereocenters. The average Bonchev–Trinajstić information content (AvgIpc) is 3.19. The molecule has 1 aromatic carbocycles. The Labute approximate surface area is 169 Å². The van der Waals surface area contributed by atoms with Crippen molar-refractivity contribution in [3.8, 4) is 11.3 Å². The maximum absolute atomic E-state index is 13.4. The normalized spacial score (nSPS) is 12.2. The number of benzene rings is 1. The first-order valence-electron chi connectivity index (χ1n) is 8.22. The number of halogens is 4. The van der Waals surface area contributed by atoms with Gasteiger partial charge in [-0.05, 0) is 35.7 Å². The molecular formula is C18H16Cl2F2N4O2. The molecule has 3 rings (SSSR count). The highest BCUT2D eigenvalue weighted by Crippen LogP contribution is 2.35. The van der Waals surface area contributed by atoms with Gasteiger partial charge in [-0.25, -0.2) is 8.78 Å². The van der Waals surface area contributed by atoms with Crippen molar-refractivity contribution in [3.63, 3.8) is 0 Å². The molecule has 0 unspecified atom stereocenters. The Morgan fingerprint density at radius 1 is 1.32 bits per heavy atom. The number of carbonyl (C=O) groups excluding carboxylic acids is 1.